The van der Waals surface area contributed by atoms with Gasteiger partial charge in [0.15, 0.2) is 0 Å². The minimum Gasteiger partial charge on any atom is -0.490 e. The first-order valence-corrected chi connectivity index (χ1v) is 13.8. The van der Waals surface area contributed by atoms with E-state index in [1.165, 1.54) is 12.1 Å². The zero-order valence-electron chi connectivity index (χ0n) is 19.4. The molecule has 2 aliphatic rings. The predicted molar refractivity (Wildman–Crippen MR) is 132 cm³/mol. The molecule has 0 bridgehead atoms. The highest BCUT2D eigenvalue weighted by molar-refractivity contribution is 7.93. The molecule has 1 N–H and O–H groups in total. The number of nitrogens with zero attached hydrogens (tertiary/aromatic N) is 2. The lowest BCUT2D eigenvalue weighted by molar-refractivity contribution is 0.146. The molecule has 3 aromatic rings. The number of alkyl halides is 2. The second-order valence-corrected chi connectivity index (χ2v) is 11.9. The topological polar surface area (TPSA) is 63.6 Å². The molecule has 1 atom stereocenters. The van der Waals surface area contributed by atoms with Gasteiger partial charge in [0.1, 0.15) is 17.7 Å². The molecular formula is C26H28F3N3O2S. The number of aromatic nitrogens is 1. The summed E-state index contributed by atoms with van der Waals surface area (Å²) in [5.74, 6) is 0.907. The summed E-state index contributed by atoms with van der Waals surface area (Å²) in [5.41, 5.74) is 0.992. The van der Waals surface area contributed by atoms with Gasteiger partial charge in [-0.25, -0.2) is 21.7 Å². The van der Waals surface area contributed by atoms with E-state index >= 15 is 0 Å². The van der Waals surface area contributed by atoms with Crippen molar-refractivity contribution in [3.63, 3.8) is 0 Å². The van der Waals surface area contributed by atoms with Gasteiger partial charge in [0, 0.05) is 44.1 Å². The highest BCUT2D eigenvalue weighted by Crippen LogP contribution is 2.33. The monoisotopic (exact) mass is 503 g/mol. The quantitative estimate of drug-likeness (QED) is 0.392. The Morgan fingerprint density at radius 3 is 2.54 bits per heavy atom. The molecule has 0 radical (unpaired) electrons. The Hall–Kier alpha value is -2.81. The molecule has 1 aliphatic carbocycles. The average molecular weight is 504 g/mol. The zero-order valence-corrected chi connectivity index (χ0v) is 20.2. The van der Waals surface area contributed by atoms with Crippen molar-refractivity contribution in [2.24, 2.45) is 4.36 Å². The van der Waals surface area contributed by atoms with E-state index in [1.807, 2.05) is 18.2 Å². The number of rotatable bonds is 7. The molecule has 35 heavy (non-hydrogen) atoms. The summed E-state index contributed by atoms with van der Waals surface area (Å²) in [6.45, 7) is 1.73. The molecule has 1 saturated carbocycles. The van der Waals surface area contributed by atoms with Crippen molar-refractivity contribution < 1.29 is 22.1 Å². The van der Waals surface area contributed by atoms with Crippen LogP contribution in [0, 0.1) is 5.82 Å². The number of nitrogens with one attached hydrogen (secondary N) is 1. The van der Waals surface area contributed by atoms with E-state index in [-0.39, 0.29) is 11.7 Å². The molecule has 1 aromatic heterocycles. The molecule has 5 nitrogen and oxygen atoms in total. The number of ether oxygens (including phenoxy) is 1. The zero-order chi connectivity index (χ0) is 24.6. The van der Waals surface area contributed by atoms with Crippen LogP contribution in [0.25, 0.3) is 10.9 Å². The van der Waals surface area contributed by atoms with E-state index in [0.29, 0.717) is 41.8 Å². The lowest BCUT2D eigenvalue weighted by atomic mass is 10.0. The van der Waals surface area contributed by atoms with Crippen LogP contribution in [-0.4, -0.2) is 32.8 Å². The SMILES string of the molecule is C[C@@H](Nc1ccnc2ccc(OC3CCS(=O)(=NC4CC4)CC3)cc12)c1cccc(C(F)F)c1F. The Bertz CT molecular complexity index is 1340. The van der Waals surface area contributed by atoms with Gasteiger partial charge in [0.25, 0.3) is 6.43 Å². The van der Waals surface area contributed by atoms with Crippen molar-refractivity contribution in [3.8, 4) is 5.75 Å². The molecule has 5 rings (SSSR count). The third-order valence-electron chi connectivity index (χ3n) is 6.55. The van der Waals surface area contributed by atoms with Crippen LogP contribution in [0.2, 0.25) is 0 Å². The second kappa shape index (κ2) is 9.68. The molecule has 2 heterocycles. The van der Waals surface area contributed by atoms with Gasteiger partial charge in [-0.2, -0.15) is 0 Å². The Kier molecular flexibility index (Phi) is 6.61. The van der Waals surface area contributed by atoms with Crippen LogP contribution >= 0.6 is 0 Å². The standard InChI is InChI=1S/C26H28F3N3O2S/c1-16(20-3-2-4-21(25(20)27)26(28)29)31-24-9-12-30-23-8-7-19(15-22(23)24)34-18-10-13-35(33,14-11-18)32-17-5-6-17/h2-4,7-9,12,15-18,26H,5-6,10-11,13-14H2,1H3,(H,30,31)/t16-,18?,35?/m1/s1. The summed E-state index contributed by atoms with van der Waals surface area (Å²) in [6, 6.07) is 11.2. The number of fused-ring (bicyclic) bond motifs is 1. The molecule has 0 spiro atoms. The summed E-state index contributed by atoms with van der Waals surface area (Å²) in [4.78, 5) is 4.40. The smallest absolute Gasteiger partial charge is 0.266 e. The molecule has 0 unspecified atom stereocenters. The van der Waals surface area contributed by atoms with Crippen molar-refractivity contribution in [1.82, 2.24) is 4.98 Å². The van der Waals surface area contributed by atoms with Crippen molar-refractivity contribution in [2.75, 3.05) is 16.8 Å². The van der Waals surface area contributed by atoms with Crippen LogP contribution in [0.1, 0.15) is 56.2 Å². The van der Waals surface area contributed by atoms with Gasteiger partial charge in [0.2, 0.25) is 0 Å². The van der Waals surface area contributed by atoms with Gasteiger partial charge in [-0.05, 0) is 56.9 Å². The summed E-state index contributed by atoms with van der Waals surface area (Å²) < 4.78 is 64.6. The molecule has 2 aromatic carbocycles. The maximum absolute atomic E-state index is 14.7. The molecule has 186 valence electrons. The lowest BCUT2D eigenvalue weighted by Gasteiger charge is -2.26. The first-order valence-electron chi connectivity index (χ1n) is 11.9. The van der Waals surface area contributed by atoms with Crippen LogP contribution in [0.4, 0.5) is 18.9 Å². The van der Waals surface area contributed by atoms with E-state index in [9.17, 15) is 17.4 Å². The number of hydrogen-bond acceptors (Lipinski definition) is 5. The van der Waals surface area contributed by atoms with Gasteiger partial charge >= 0.3 is 0 Å². The van der Waals surface area contributed by atoms with Crippen LogP contribution < -0.4 is 10.1 Å². The van der Waals surface area contributed by atoms with Crippen LogP contribution in [0.15, 0.2) is 53.0 Å². The average Bonchev–Trinajstić information content (AvgIpc) is 3.64. The molecule has 9 heteroatoms. The lowest BCUT2D eigenvalue weighted by Crippen LogP contribution is -2.30. The second-order valence-electron chi connectivity index (χ2n) is 9.29. The third kappa shape index (κ3) is 5.39. The highest BCUT2D eigenvalue weighted by atomic mass is 32.2. The number of pyridine rings is 1. The Labute approximate surface area is 203 Å². The first kappa shape index (κ1) is 23.9. The summed E-state index contributed by atoms with van der Waals surface area (Å²) in [7, 11) is -2.10. The molecule has 2 fully saturated rings. The Balaban J connectivity index is 1.33. The van der Waals surface area contributed by atoms with Crippen LogP contribution in [0.5, 0.6) is 5.75 Å². The van der Waals surface area contributed by atoms with Crippen molar-refractivity contribution in [3.05, 3.63) is 65.6 Å². The normalized spacial score (nSPS) is 23.3. The van der Waals surface area contributed by atoms with Crippen molar-refractivity contribution in [2.45, 2.75) is 57.2 Å². The number of halogens is 3. The largest absolute Gasteiger partial charge is 0.490 e. The molecular weight excluding hydrogens is 475 g/mol. The maximum atomic E-state index is 14.7. The summed E-state index contributed by atoms with van der Waals surface area (Å²) in [5, 5.41) is 4.03. The third-order valence-corrected chi connectivity index (χ3v) is 8.98. The van der Waals surface area contributed by atoms with E-state index < -0.39 is 33.6 Å². The maximum Gasteiger partial charge on any atom is 0.266 e. The summed E-state index contributed by atoms with van der Waals surface area (Å²) in [6.07, 6.45) is 2.24. The Morgan fingerprint density at radius 1 is 1.09 bits per heavy atom. The van der Waals surface area contributed by atoms with Gasteiger partial charge in [-0.3, -0.25) is 4.98 Å². The van der Waals surface area contributed by atoms with Gasteiger partial charge in [-0.1, -0.05) is 18.2 Å². The van der Waals surface area contributed by atoms with E-state index in [2.05, 4.69) is 14.7 Å². The van der Waals surface area contributed by atoms with Crippen molar-refractivity contribution >= 4 is 26.3 Å². The number of hydrogen-bond donors (Lipinski definition) is 1. The fourth-order valence-corrected chi connectivity index (χ4v) is 6.88. The fourth-order valence-electron chi connectivity index (χ4n) is 4.45. The minimum absolute atomic E-state index is 0.0328. The van der Waals surface area contributed by atoms with Gasteiger partial charge < -0.3 is 10.1 Å². The minimum atomic E-state index is -2.88. The number of benzene rings is 2. The van der Waals surface area contributed by atoms with Crippen LogP contribution in [-0.2, 0) is 9.73 Å². The fraction of sp³-hybridized carbons (Fsp3) is 0.423. The van der Waals surface area contributed by atoms with E-state index in [4.69, 9.17) is 4.74 Å². The van der Waals surface area contributed by atoms with Crippen LogP contribution in [0.3, 0.4) is 0 Å². The summed E-state index contributed by atoms with van der Waals surface area (Å²) >= 11 is 0. The molecule has 1 saturated heterocycles. The van der Waals surface area contributed by atoms with Gasteiger partial charge in [-0.15, -0.1) is 0 Å². The first-order chi connectivity index (χ1) is 16.8. The van der Waals surface area contributed by atoms with Crippen molar-refractivity contribution in [1.29, 1.82) is 0 Å². The number of anilines is 1. The predicted octanol–water partition coefficient (Wildman–Crippen LogP) is 6.66. The van der Waals surface area contributed by atoms with E-state index in [0.717, 1.165) is 29.8 Å². The Morgan fingerprint density at radius 2 is 1.83 bits per heavy atom. The van der Waals surface area contributed by atoms with E-state index in [1.54, 1.807) is 19.2 Å². The molecule has 1 aliphatic heterocycles. The highest BCUT2D eigenvalue weighted by Gasteiger charge is 2.28. The van der Waals surface area contributed by atoms with Gasteiger partial charge in [0.05, 0.1) is 23.2 Å². The molecule has 0 amide bonds.